The predicted octanol–water partition coefficient (Wildman–Crippen LogP) is 1.15. The van der Waals surface area contributed by atoms with Gasteiger partial charge in [0.2, 0.25) is 5.60 Å². The Kier molecular flexibility index (Phi) is 9.60. The summed E-state index contributed by atoms with van der Waals surface area (Å²) in [7, 11) is 0. The standard InChI is InChI=1S/C15H24O8/c1-5-11(16)23-15(14(19)22-8-4,9-12(17)20-6-2)10-13(18)21-7-3/h5-10H2,1-4H3. The zero-order valence-electron chi connectivity index (χ0n) is 14.0. The molecule has 0 atom stereocenters. The minimum absolute atomic E-state index is 0.00406. The molecule has 0 amide bonds. The first-order valence-corrected chi connectivity index (χ1v) is 7.55. The highest BCUT2D eigenvalue weighted by Gasteiger charge is 2.48. The molecule has 0 bridgehead atoms. The first-order chi connectivity index (χ1) is 10.8. The van der Waals surface area contributed by atoms with E-state index in [4.69, 9.17) is 18.9 Å². The molecule has 0 heterocycles. The topological polar surface area (TPSA) is 105 Å². The Morgan fingerprint density at radius 1 is 0.696 bits per heavy atom. The van der Waals surface area contributed by atoms with Gasteiger partial charge in [-0.05, 0) is 20.8 Å². The largest absolute Gasteiger partial charge is 0.466 e. The van der Waals surface area contributed by atoms with Crippen molar-refractivity contribution in [3.05, 3.63) is 0 Å². The van der Waals surface area contributed by atoms with Gasteiger partial charge in [0.1, 0.15) is 0 Å². The highest BCUT2D eigenvalue weighted by atomic mass is 16.6. The van der Waals surface area contributed by atoms with Crippen molar-refractivity contribution in [3.8, 4) is 0 Å². The molecule has 0 radical (unpaired) electrons. The fraction of sp³-hybridized carbons (Fsp3) is 0.733. The number of hydrogen-bond acceptors (Lipinski definition) is 8. The summed E-state index contributed by atoms with van der Waals surface area (Å²) in [6.45, 7) is 6.42. The minimum atomic E-state index is -2.08. The van der Waals surface area contributed by atoms with E-state index in [0.717, 1.165) is 0 Å². The van der Waals surface area contributed by atoms with Crippen molar-refractivity contribution >= 4 is 23.9 Å². The van der Waals surface area contributed by atoms with Gasteiger partial charge in [-0.1, -0.05) is 6.92 Å². The van der Waals surface area contributed by atoms with Gasteiger partial charge >= 0.3 is 23.9 Å². The summed E-state index contributed by atoms with van der Waals surface area (Å²) >= 11 is 0. The van der Waals surface area contributed by atoms with Gasteiger partial charge in [-0.25, -0.2) is 4.79 Å². The van der Waals surface area contributed by atoms with E-state index in [-0.39, 0.29) is 26.2 Å². The molecule has 0 saturated carbocycles. The number of hydrogen-bond donors (Lipinski definition) is 0. The van der Waals surface area contributed by atoms with Gasteiger partial charge in [-0.15, -0.1) is 0 Å². The second-order valence-electron chi connectivity index (χ2n) is 4.51. The lowest BCUT2D eigenvalue weighted by Gasteiger charge is -2.29. The third kappa shape index (κ3) is 7.12. The summed E-state index contributed by atoms with van der Waals surface area (Å²) in [4.78, 5) is 47.6. The van der Waals surface area contributed by atoms with Crippen LogP contribution >= 0.6 is 0 Å². The van der Waals surface area contributed by atoms with Crippen LogP contribution < -0.4 is 0 Å². The number of esters is 4. The van der Waals surface area contributed by atoms with Gasteiger partial charge in [0.15, 0.2) is 0 Å². The van der Waals surface area contributed by atoms with Crippen LogP contribution in [0.1, 0.15) is 47.0 Å². The highest BCUT2D eigenvalue weighted by Crippen LogP contribution is 2.26. The van der Waals surface area contributed by atoms with Gasteiger partial charge in [0.05, 0.1) is 32.7 Å². The van der Waals surface area contributed by atoms with Crippen molar-refractivity contribution in [3.63, 3.8) is 0 Å². The van der Waals surface area contributed by atoms with Gasteiger partial charge in [-0.3, -0.25) is 14.4 Å². The number of carbonyl (C=O) groups is 4. The van der Waals surface area contributed by atoms with E-state index in [1.807, 2.05) is 0 Å². The molecule has 8 heteroatoms. The van der Waals surface area contributed by atoms with Gasteiger partial charge in [0.25, 0.3) is 0 Å². The quantitative estimate of drug-likeness (QED) is 0.433. The van der Waals surface area contributed by atoms with Crippen molar-refractivity contribution in [1.82, 2.24) is 0 Å². The maximum Gasteiger partial charge on any atom is 0.351 e. The Bertz CT molecular complexity index is 409. The average Bonchev–Trinajstić information content (AvgIpc) is 2.47. The SMILES string of the molecule is CCOC(=O)CC(CC(=O)OCC)(OC(=O)CC)C(=O)OCC. The van der Waals surface area contributed by atoms with Crippen LogP contribution in [-0.4, -0.2) is 49.3 Å². The molecule has 0 aromatic carbocycles. The Morgan fingerprint density at radius 2 is 1.13 bits per heavy atom. The lowest BCUT2D eigenvalue weighted by molar-refractivity contribution is -0.190. The summed E-state index contributed by atoms with van der Waals surface area (Å²) in [5.41, 5.74) is -2.08. The van der Waals surface area contributed by atoms with E-state index in [1.54, 1.807) is 20.8 Å². The minimum Gasteiger partial charge on any atom is -0.466 e. The van der Waals surface area contributed by atoms with Crippen LogP contribution in [0.15, 0.2) is 0 Å². The molecule has 0 aromatic rings. The van der Waals surface area contributed by atoms with E-state index in [9.17, 15) is 19.2 Å². The van der Waals surface area contributed by atoms with Crippen molar-refractivity contribution in [1.29, 1.82) is 0 Å². The molecule has 0 unspecified atom stereocenters. The maximum atomic E-state index is 12.3. The molecule has 0 spiro atoms. The van der Waals surface area contributed by atoms with E-state index in [2.05, 4.69) is 0 Å². The lowest BCUT2D eigenvalue weighted by atomic mass is 9.95. The monoisotopic (exact) mass is 332 g/mol. The Morgan fingerprint density at radius 3 is 1.48 bits per heavy atom. The first-order valence-electron chi connectivity index (χ1n) is 7.55. The van der Waals surface area contributed by atoms with Crippen LogP contribution in [0.5, 0.6) is 0 Å². The first kappa shape index (κ1) is 20.9. The van der Waals surface area contributed by atoms with Crippen LogP contribution in [-0.2, 0) is 38.1 Å². The third-order valence-electron chi connectivity index (χ3n) is 2.72. The molecular formula is C15H24O8. The molecular weight excluding hydrogens is 308 g/mol. The second-order valence-corrected chi connectivity index (χ2v) is 4.51. The van der Waals surface area contributed by atoms with Gasteiger partial charge in [-0.2, -0.15) is 0 Å². The Labute approximate surface area is 135 Å². The summed E-state index contributed by atoms with van der Waals surface area (Å²) in [6, 6.07) is 0. The molecule has 23 heavy (non-hydrogen) atoms. The van der Waals surface area contributed by atoms with Crippen molar-refractivity contribution in [2.24, 2.45) is 0 Å². The zero-order valence-corrected chi connectivity index (χ0v) is 14.0. The molecule has 132 valence electrons. The number of rotatable bonds is 10. The molecule has 0 N–H and O–H groups in total. The molecule has 8 nitrogen and oxygen atoms in total. The van der Waals surface area contributed by atoms with E-state index in [0.29, 0.717) is 0 Å². The molecule has 0 fully saturated rings. The van der Waals surface area contributed by atoms with Crippen LogP contribution in [0.4, 0.5) is 0 Å². The average molecular weight is 332 g/mol. The third-order valence-corrected chi connectivity index (χ3v) is 2.72. The molecule has 0 aliphatic heterocycles. The fourth-order valence-electron chi connectivity index (χ4n) is 1.76. The second kappa shape index (κ2) is 10.6. The van der Waals surface area contributed by atoms with Crippen molar-refractivity contribution in [2.45, 2.75) is 52.6 Å². The lowest BCUT2D eigenvalue weighted by Crippen LogP contribution is -2.48. The van der Waals surface area contributed by atoms with Crippen LogP contribution in [0, 0.1) is 0 Å². The van der Waals surface area contributed by atoms with E-state index >= 15 is 0 Å². The van der Waals surface area contributed by atoms with Crippen LogP contribution in [0.25, 0.3) is 0 Å². The molecule has 0 aliphatic carbocycles. The van der Waals surface area contributed by atoms with Crippen molar-refractivity contribution in [2.75, 3.05) is 19.8 Å². The molecule has 0 aromatic heterocycles. The maximum absolute atomic E-state index is 12.3. The number of carbonyl (C=O) groups excluding carboxylic acids is 4. The smallest absolute Gasteiger partial charge is 0.351 e. The highest BCUT2D eigenvalue weighted by molar-refractivity contribution is 5.92. The van der Waals surface area contributed by atoms with Crippen LogP contribution in [0.3, 0.4) is 0 Å². The van der Waals surface area contributed by atoms with Gasteiger partial charge < -0.3 is 18.9 Å². The Balaban J connectivity index is 5.57. The fourth-order valence-corrected chi connectivity index (χ4v) is 1.76. The summed E-state index contributed by atoms with van der Waals surface area (Å²) in [5, 5.41) is 0. The van der Waals surface area contributed by atoms with Crippen LogP contribution in [0.2, 0.25) is 0 Å². The predicted molar refractivity (Wildman–Crippen MR) is 78.2 cm³/mol. The summed E-state index contributed by atoms with van der Waals surface area (Å²) in [6.07, 6.45) is -1.28. The van der Waals surface area contributed by atoms with E-state index < -0.39 is 42.3 Å². The normalized spacial score (nSPS) is 10.6. The van der Waals surface area contributed by atoms with Crippen molar-refractivity contribution < 1.29 is 38.1 Å². The molecule has 0 rings (SSSR count). The molecule has 0 aliphatic rings. The summed E-state index contributed by atoms with van der Waals surface area (Å²) in [5.74, 6) is -3.29. The summed E-state index contributed by atoms with van der Waals surface area (Å²) < 4.78 is 19.6. The van der Waals surface area contributed by atoms with E-state index in [1.165, 1.54) is 6.92 Å². The zero-order chi connectivity index (χ0) is 17.9. The Hall–Kier alpha value is -2.12. The van der Waals surface area contributed by atoms with Gasteiger partial charge in [0, 0.05) is 6.42 Å². The molecule has 0 saturated heterocycles. The number of ether oxygens (including phenoxy) is 4.